The number of amides is 1. The van der Waals surface area contributed by atoms with Crippen molar-refractivity contribution >= 4 is 11.7 Å². The highest BCUT2D eigenvalue weighted by molar-refractivity contribution is 6.07. The molecule has 1 fully saturated rings. The Balaban J connectivity index is 2.16. The molecule has 1 aromatic rings. The van der Waals surface area contributed by atoms with Crippen LogP contribution < -0.4 is 10.5 Å². The number of oxime groups is 1. The molecule has 21 heavy (non-hydrogen) atoms. The number of carbonyl (C=O) groups excluding carboxylic acids is 1. The van der Waals surface area contributed by atoms with Crippen molar-refractivity contribution in [3.63, 3.8) is 0 Å². The molecule has 0 bridgehead atoms. The summed E-state index contributed by atoms with van der Waals surface area (Å²) in [6, 6.07) is 7.56. The van der Waals surface area contributed by atoms with Gasteiger partial charge in [-0.05, 0) is 18.9 Å². The average molecular weight is 291 g/mol. The number of methoxy groups -OCH3 is 1. The summed E-state index contributed by atoms with van der Waals surface area (Å²) in [7, 11) is 3.32. The number of nitrogens with zero attached hydrogens (tertiary/aromatic N) is 2. The minimum Gasteiger partial charge on any atom is -0.496 e. The number of amidine groups is 1. The first-order valence-electron chi connectivity index (χ1n) is 6.90. The van der Waals surface area contributed by atoms with Gasteiger partial charge in [0.1, 0.15) is 11.2 Å². The van der Waals surface area contributed by atoms with Gasteiger partial charge in [0.15, 0.2) is 5.84 Å². The van der Waals surface area contributed by atoms with Crippen LogP contribution in [0.2, 0.25) is 0 Å². The van der Waals surface area contributed by atoms with Crippen LogP contribution in [0.1, 0.15) is 24.8 Å². The number of ether oxygens (including phenoxy) is 1. The van der Waals surface area contributed by atoms with Gasteiger partial charge in [0.25, 0.3) is 0 Å². The summed E-state index contributed by atoms with van der Waals surface area (Å²) in [4.78, 5) is 14.3. The SMILES string of the molecule is COc1ccccc1CN(C)C(=O)C1(/C(N)=N/O)CCC1. The van der Waals surface area contributed by atoms with Crippen LogP contribution in [-0.2, 0) is 11.3 Å². The van der Waals surface area contributed by atoms with Crippen LogP contribution in [0.3, 0.4) is 0 Å². The summed E-state index contributed by atoms with van der Waals surface area (Å²) < 4.78 is 5.29. The number of nitrogens with two attached hydrogens (primary N) is 1. The smallest absolute Gasteiger partial charge is 0.236 e. The van der Waals surface area contributed by atoms with E-state index >= 15 is 0 Å². The first kappa shape index (κ1) is 15.2. The minimum absolute atomic E-state index is 0.00521. The lowest BCUT2D eigenvalue weighted by Gasteiger charge is -2.41. The molecule has 114 valence electrons. The van der Waals surface area contributed by atoms with E-state index in [1.54, 1.807) is 19.1 Å². The van der Waals surface area contributed by atoms with Crippen molar-refractivity contribution in [1.82, 2.24) is 4.90 Å². The molecule has 6 heteroatoms. The van der Waals surface area contributed by atoms with Crippen molar-refractivity contribution in [2.75, 3.05) is 14.2 Å². The predicted molar refractivity (Wildman–Crippen MR) is 79.2 cm³/mol. The molecule has 0 unspecified atom stereocenters. The Hall–Kier alpha value is -2.24. The van der Waals surface area contributed by atoms with Crippen molar-refractivity contribution in [2.45, 2.75) is 25.8 Å². The average Bonchev–Trinajstić information content (AvgIpc) is 2.46. The number of hydrogen-bond donors (Lipinski definition) is 2. The zero-order valence-electron chi connectivity index (χ0n) is 12.4. The minimum atomic E-state index is -0.842. The summed E-state index contributed by atoms with van der Waals surface area (Å²) in [6.07, 6.45) is 2.15. The third kappa shape index (κ3) is 2.66. The maximum absolute atomic E-state index is 12.7. The highest BCUT2D eigenvalue weighted by Crippen LogP contribution is 2.42. The van der Waals surface area contributed by atoms with Gasteiger partial charge >= 0.3 is 0 Å². The fourth-order valence-corrected chi connectivity index (χ4v) is 2.73. The number of carbonyl (C=O) groups is 1. The highest BCUT2D eigenvalue weighted by Gasteiger charge is 2.49. The van der Waals surface area contributed by atoms with Gasteiger partial charge in [-0.3, -0.25) is 4.79 Å². The van der Waals surface area contributed by atoms with Gasteiger partial charge in [0.05, 0.1) is 7.11 Å². The van der Waals surface area contributed by atoms with Gasteiger partial charge in [-0.15, -0.1) is 0 Å². The zero-order chi connectivity index (χ0) is 15.5. The van der Waals surface area contributed by atoms with Gasteiger partial charge in [-0.2, -0.15) is 0 Å². The Morgan fingerprint density at radius 1 is 1.48 bits per heavy atom. The molecule has 1 aliphatic rings. The van der Waals surface area contributed by atoms with Crippen LogP contribution in [0.5, 0.6) is 5.75 Å². The fraction of sp³-hybridized carbons (Fsp3) is 0.467. The summed E-state index contributed by atoms with van der Waals surface area (Å²) in [5.74, 6) is 0.629. The third-order valence-corrected chi connectivity index (χ3v) is 4.16. The summed E-state index contributed by atoms with van der Waals surface area (Å²) in [6.45, 7) is 0.420. The van der Waals surface area contributed by atoms with Crippen LogP contribution in [-0.4, -0.2) is 36.0 Å². The quantitative estimate of drug-likeness (QED) is 0.373. The van der Waals surface area contributed by atoms with Crippen molar-refractivity contribution in [2.24, 2.45) is 16.3 Å². The number of hydrogen-bond acceptors (Lipinski definition) is 4. The van der Waals surface area contributed by atoms with Gasteiger partial charge < -0.3 is 20.6 Å². The Morgan fingerprint density at radius 2 is 2.14 bits per heavy atom. The van der Waals surface area contributed by atoms with E-state index in [0.717, 1.165) is 17.7 Å². The lowest BCUT2D eigenvalue weighted by molar-refractivity contribution is -0.141. The van der Waals surface area contributed by atoms with Gasteiger partial charge in [0, 0.05) is 19.2 Å². The van der Waals surface area contributed by atoms with Crippen LogP contribution in [0.4, 0.5) is 0 Å². The van der Waals surface area contributed by atoms with Crippen LogP contribution in [0.15, 0.2) is 29.4 Å². The number of rotatable bonds is 5. The molecular weight excluding hydrogens is 270 g/mol. The molecule has 2 rings (SSSR count). The molecular formula is C15H21N3O3. The van der Waals surface area contributed by atoms with Crippen LogP contribution in [0.25, 0.3) is 0 Å². The Bertz CT molecular complexity index is 553. The molecule has 0 aliphatic heterocycles. The monoisotopic (exact) mass is 291 g/mol. The summed E-state index contributed by atoms with van der Waals surface area (Å²) in [5, 5.41) is 12.0. The standard InChI is InChI=1S/C15H21N3O3/c1-18(10-11-6-3-4-7-12(11)21-2)14(19)15(8-5-9-15)13(16)17-20/h3-4,6-7,20H,5,8-10H2,1-2H3,(H2,16,17). The highest BCUT2D eigenvalue weighted by atomic mass is 16.5. The molecule has 6 nitrogen and oxygen atoms in total. The molecule has 1 aromatic carbocycles. The molecule has 3 N–H and O–H groups in total. The van der Waals surface area contributed by atoms with Crippen molar-refractivity contribution in [3.8, 4) is 5.75 Å². The van der Waals surface area contributed by atoms with Crippen LogP contribution in [0, 0.1) is 5.41 Å². The topological polar surface area (TPSA) is 88.2 Å². The number of benzene rings is 1. The largest absolute Gasteiger partial charge is 0.496 e. The normalized spacial score (nSPS) is 17.0. The second-order valence-electron chi connectivity index (χ2n) is 5.39. The molecule has 0 radical (unpaired) electrons. The molecule has 0 saturated heterocycles. The first-order valence-corrected chi connectivity index (χ1v) is 6.90. The van der Waals surface area contributed by atoms with Gasteiger partial charge in [0.2, 0.25) is 5.91 Å². The van der Waals surface area contributed by atoms with Crippen molar-refractivity contribution < 1.29 is 14.7 Å². The third-order valence-electron chi connectivity index (χ3n) is 4.16. The molecule has 0 heterocycles. The molecule has 0 atom stereocenters. The second kappa shape index (κ2) is 6.03. The Labute approximate surface area is 124 Å². The van der Waals surface area contributed by atoms with Crippen molar-refractivity contribution in [3.05, 3.63) is 29.8 Å². The van der Waals surface area contributed by atoms with Gasteiger partial charge in [-0.25, -0.2) is 0 Å². The maximum Gasteiger partial charge on any atom is 0.236 e. The molecule has 0 spiro atoms. The summed E-state index contributed by atoms with van der Waals surface area (Å²) in [5.41, 5.74) is 5.81. The maximum atomic E-state index is 12.7. The Kier molecular flexibility index (Phi) is 4.35. The van der Waals surface area contributed by atoms with E-state index in [1.165, 1.54) is 0 Å². The summed E-state index contributed by atoms with van der Waals surface area (Å²) >= 11 is 0. The first-order chi connectivity index (χ1) is 10.0. The van der Waals surface area contributed by atoms with Crippen LogP contribution >= 0.6 is 0 Å². The van der Waals surface area contributed by atoms with E-state index in [4.69, 9.17) is 15.7 Å². The van der Waals surface area contributed by atoms with Gasteiger partial charge in [-0.1, -0.05) is 29.8 Å². The molecule has 1 saturated carbocycles. The van der Waals surface area contributed by atoms with E-state index in [-0.39, 0.29) is 11.7 Å². The van der Waals surface area contributed by atoms with E-state index < -0.39 is 5.41 Å². The zero-order valence-corrected chi connectivity index (χ0v) is 12.4. The fourth-order valence-electron chi connectivity index (χ4n) is 2.73. The molecule has 1 aliphatic carbocycles. The van der Waals surface area contributed by atoms with E-state index in [2.05, 4.69) is 5.16 Å². The lowest BCUT2D eigenvalue weighted by atomic mass is 9.67. The van der Waals surface area contributed by atoms with E-state index in [1.807, 2.05) is 24.3 Å². The second-order valence-corrected chi connectivity index (χ2v) is 5.39. The Morgan fingerprint density at radius 3 is 2.67 bits per heavy atom. The molecule has 1 amide bonds. The molecule has 0 aromatic heterocycles. The number of para-hydroxylation sites is 1. The predicted octanol–water partition coefficient (Wildman–Crippen LogP) is 1.57. The lowest BCUT2D eigenvalue weighted by Crippen LogP contribution is -2.54. The van der Waals surface area contributed by atoms with Crippen molar-refractivity contribution in [1.29, 1.82) is 0 Å². The van der Waals surface area contributed by atoms with E-state index in [0.29, 0.717) is 19.4 Å². The van der Waals surface area contributed by atoms with E-state index in [9.17, 15) is 4.79 Å².